The zero-order valence-corrected chi connectivity index (χ0v) is 12.5. The second-order valence-corrected chi connectivity index (χ2v) is 5.38. The van der Waals surface area contributed by atoms with Gasteiger partial charge in [0, 0.05) is 0 Å². The highest BCUT2D eigenvalue weighted by Gasteiger charge is 2.20. The van der Waals surface area contributed by atoms with Crippen LogP contribution in [0.1, 0.15) is 42.7 Å². The Balaban J connectivity index is 2.88. The Morgan fingerprint density at radius 2 is 1.95 bits per heavy atom. The van der Waals surface area contributed by atoms with Crippen LogP contribution in [0.4, 0.5) is 4.79 Å². The highest BCUT2D eigenvalue weighted by atomic mass is 16.6. The number of hydrogen-bond acceptors (Lipinski definition) is 5. The summed E-state index contributed by atoms with van der Waals surface area (Å²) in [5.74, 6) is -0.515. The maximum atomic E-state index is 11.7. The predicted octanol–water partition coefficient (Wildman–Crippen LogP) is 2.24. The van der Waals surface area contributed by atoms with E-state index < -0.39 is 23.7 Å². The van der Waals surface area contributed by atoms with E-state index >= 15 is 0 Å². The summed E-state index contributed by atoms with van der Waals surface area (Å²) in [4.78, 5) is 34.3. The van der Waals surface area contributed by atoms with Crippen LogP contribution in [0.15, 0.2) is 24.3 Å². The van der Waals surface area contributed by atoms with Gasteiger partial charge in [0.25, 0.3) is 0 Å². The number of methoxy groups -OCH3 is 1. The van der Waals surface area contributed by atoms with E-state index in [0.717, 1.165) is 0 Å². The Hall–Kier alpha value is -2.37. The van der Waals surface area contributed by atoms with Crippen molar-refractivity contribution in [2.45, 2.75) is 32.4 Å². The number of carbonyl (C=O) groups excluding carboxylic acids is 3. The summed E-state index contributed by atoms with van der Waals surface area (Å²) in [5.41, 5.74) is 0.109. The van der Waals surface area contributed by atoms with Crippen LogP contribution in [-0.2, 0) is 14.3 Å². The van der Waals surface area contributed by atoms with Crippen molar-refractivity contribution in [1.29, 1.82) is 0 Å². The van der Waals surface area contributed by atoms with Crippen molar-refractivity contribution in [2.24, 2.45) is 0 Å². The normalized spacial score (nSPS) is 12.2. The third-order valence-corrected chi connectivity index (χ3v) is 2.48. The highest BCUT2D eigenvalue weighted by molar-refractivity contribution is 5.89. The Kier molecular flexibility index (Phi) is 5.46. The molecule has 0 fully saturated rings. The lowest BCUT2D eigenvalue weighted by atomic mass is 10.1. The molecule has 0 radical (unpaired) electrons. The summed E-state index contributed by atoms with van der Waals surface area (Å²) in [6.45, 7) is 5.17. The van der Waals surface area contributed by atoms with Crippen molar-refractivity contribution in [2.75, 3.05) is 7.11 Å². The van der Waals surface area contributed by atoms with Crippen LogP contribution in [0.25, 0.3) is 0 Å². The molecular weight excluding hydrogens is 274 g/mol. The zero-order chi connectivity index (χ0) is 16.0. The van der Waals surface area contributed by atoms with E-state index in [2.05, 4.69) is 10.1 Å². The average Bonchev–Trinajstić information content (AvgIpc) is 2.42. The van der Waals surface area contributed by atoms with Crippen molar-refractivity contribution >= 4 is 18.3 Å². The molecule has 21 heavy (non-hydrogen) atoms. The van der Waals surface area contributed by atoms with Crippen LogP contribution in [0.2, 0.25) is 0 Å². The van der Waals surface area contributed by atoms with Gasteiger partial charge in [-0.25, -0.2) is 9.59 Å². The third-order valence-electron chi connectivity index (χ3n) is 2.48. The maximum Gasteiger partial charge on any atom is 0.408 e. The number of ether oxygens (including phenoxy) is 2. The summed E-state index contributed by atoms with van der Waals surface area (Å²) in [6.07, 6.45) is -0.136. The number of hydrogen-bond donors (Lipinski definition) is 1. The maximum absolute atomic E-state index is 11.7. The van der Waals surface area contributed by atoms with Gasteiger partial charge in [-0.05, 0) is 38.5 Å². The van der Waals surface area contributed by atoms with E-state index in [1.54, 1.807) is 39.0 Å². The fourth-order valence-corrected chi connectivity index (χ4v) is 1.61. The first kappa shape index (κ1) is 16.7. The van der Waals surface area contributed by atoms with Crippen molar-refractivity contribution < 1.29 is 23.9 Å². The molecule has 0 heterocycles. The molecule has 0 aliphatic rings. The van der Waals surface area contributed by atoms with Gasteiger partial charge in [0.15, 0.2) is 0 Å². The van der Waals surface area contributed by atoms with Gasteiger partial charge in [0.1, 0.15) is 17.9 Å². The molecule has 6 nitrogen and oxygen atoms in total. The summed E-state index contributed by atoms with van der Waals surface area (Å²) < 4.78 is 9.70. The monoisotopic (exact) mass is 293 g/mol. The molecule has 1 aromatic carbocycles. The number of rotatable bonds is 4. The van der Waals surface area contributed by atoms with Gasteiger partial charge in [0.05, 0.1) is 12.7 Å². The van der Waals surface area contributed by atoms with Gasteiger partial charge in [-0.15, -0.1) is 0 Å². The number of carbonyl (C=O) groups is 3. The van der Waals surface area contributed by atoms with E-state index in [1.807, 2.05) is 0 Å². The first-order valence-electron chi connectivity index (χ1n) is 6.40. The van der Waals surface area contributed by atoms with Gasteiger partial charge in [-0.2, -0.15) is 0 Å². The number of esters is 1. The summed E-state index contributed by atoms with van der Waals surface area (Å²) in [5, 5.41) is 2.44. The molecule has 0 spiro atoms. The van der Waals surface area contributed by atoms with E-state index in [9.17, 15) is 14.4 Å². The lowest BCUT2D eigenvalue weighted by molar-refractivity contribution is -0.109. The first-order valence-corrected chi connectivity index (χ1v) is 6.40. The fourth-order valence-electron chi connectivity index (χ4n) is 1.61. The molecule has 1 N–H and O–H groups in total. The lowest BCUT2D eigenvalue weighted by Crippen LogP contribution is -2.35. The Labute approximate surface area is 123 Å². The van der Waals surface area contributed by atoms with Crippen LogP contribution >= 0.6 is 0 Å². The van der Waals surface area contributed by atoms with Crippen LogP contribution in [-0.4, -0.2) is 31.1 Å². The molecule has 1 atom stereocenters. The lowest BCUT2D eigenvalue weighted by Gasteiger charge is -2.21. The van der Waals surface area contributed by atoms with Gasteiger partial charge in [0.2, 0.25) is 0 Å². The quantitative estimate of drug-likeness (QED) is 0.680. The standard InChI is InChI=1S/C15H19NO5/c1-15(2,3)21-14(19)16-12(9-17)10-6-5-7-11(8-10)13(18)20-4/h5-9,12H,1-4H3,(H,16,19). The minimum atomic E-state index is -0.899. The second kappa shape index (κ2) is 6.88. The number of benzene rings is 1. The van der Waals surface area contributed by atoms with Crippen molar-refractivity contribution in [3.05, 3.63) is 35.4 Å². The zero-order valence-electron chi connectivity index (χ0n) is 12.5. The Morgan fingerprint density at radius 1 is 1.29 bits per heavy atom. The van der Waals surface area contributed by atoms with Crippen molar-refractivity contribution in [3.8, 4) is 0 Å². The average molecular weight is 293 g/mol. The minimum absolute atomic E-state index is 0.299. The number of amides is 1. The van der Waals surface area contributed by atoms with Crippen LogP contribution in [0.5, 0.6) is 0 Å². The smallest absolute Gasteiger partial charge is 0.408 e. The Morgan fingerprint density at radius 3 is 2.48 bits per heavy atom. The molecule has 0 aliphatic carbocycles. The molecule has 1 rings (SSSR count). The third kappa shape index (κ3) is 5.25. The summed E-state index contributed by atoms with van der Waals surface area (Å²) >= 11 is 0. The number of nitrogens with one attached hydrogen (secondary N) is 1. The SMILES string of the molecule is COC(=O)c1cccc(C(C=O)NC(=O)OC(C)(C)C)c1. The van der Waals surface area contributed by atoms with E-state index in [0.29, 0.717) is 17.4 Å². The molecule has 0 saturated heterocycles. The Bertz CT molecular complexity index is 533. The first-order chi connectivity index (χ1) is 9.76. The molecule has 114 valence electrons. The molecule has 6 heteroatoms. The largest absolute Gasteiger partial charge is 0.465 e. The molecule has 0 aliphatic heterocycles. The van der Waals surface area contributed by atoms with Crippen molar-refractivity contribution in [3.63, 3.8) is 0 Å². The van der Waals surface area contributed by atoms with Crippen LogP contribution in [0.3, 0.4) is 0 Å². The van der Waals surface area contributed by atoms with Crippen LogP contribution in [0, 0.1) is 0 Å². The summed E-state index contributed by atoms with van der Waals surface area (Å²) in [6, 6.07) is 5.38. The van der Waals surface area contributed by atoms with Crippen molar-refractivity contribution in [1.82, 2.24) is 5.32 Å². The molecule has 1 aromatic rings. The fraction of sp³-hybridized carbons (Fsp3) is 0.400. The topological polar surface area (TPSA) is 81.7 Å². The van der Waals surface area contributed by atoms with E-state index in [4.69, 9.17) is 4.74 Å². The molecule has 0 aromatic heterocycles. The second-order valence-electron chi connectivity index (χ2n) is 5.38. The molecule has 0 bridgehead atoms. The molecule has 0 saturated carbocycles. The van der Waals surface area contributed by atoms with E-state index in [-0.39, 0.29) is 0 Å². The van der Waals surface area contributed by atoms with Gasteiger partial charge in [-0.3, -0.25) is 0 Å². The molecule has 1 amide bonds. The minimum Gasteiger partial charge on any atom is -0.465 e. The molecular formula is C15H19NO5. The predicted molar refractivity (Wildman–Crippen MR) is 76.0 cm³/mol. The summed E-state index contributed by atoms with van der Waals surface area (Å²) in [7, 11) is 1.27. The number of aldehydes is 1. The highest BCUT2D eigenvalue weighted by Crippen LogP contribution is 2.15. The van der Waals surface area contributed by atoms with E-state index in [1.165, 1.54) is 13.2 Å². The number of alkyl carbamates (subject to hydrolysis) is 1. The van der Waals surface area contributed by atoms with Gasteiger partial charge in [-0.1, -0.05) is 12.1 Å². The van der Waals surface area contributed by atoms with Crippen LogP contribution < -0.4 is 5.32 Å². The molecule has 1 unspecified atom stereocenters. The van der Waals surface area contributed by atoms with Gasteiger partial charge >= 0.3 is 12.1 Å². The van der Waals surface area contributed by atoms with Gasteiger partial charge < -0.3 is 19.6 Å².